The molecule has 3 aromatic rings. The number of aryl methyl sites for hydroxylation is 1. The van der Waals surface area contributed by atoms with Gasteiger partial charge in [0.25, 0.3) is 5.92 Å². The van der Waals surface area contributed by atoms with Crippen molar-refractivity contribution in [2.24, 2.45) is 5.41 Å². The molecule has 6 nitrogen and oxygen atoms in total. The molecule has 2 saturated heterocycles. The van der Waals surface area contributed by atoms with Gasteiger partial charge in [-0.2, -0.15) is 0 Å². The quantitative estimate of drug-likeness (QED) is 0.370. The summed E-state index contributed by atoms with van der Waals surface area (Å²) in [6.45, 7) is 4.52. The van der Waals surface area contributed by atoms with Crippen molar-refractivity contribution in [2.45, 2.75) is 51.4 Å². The van der Waals surface area contributed by atoms with E-state index in [-0.39, 0.29) is 25.9 Å². The van der Waals surface area contributed by atoms with Gasteiger partial charge in [-0.05, 0) is 62.3 Å². The van der Waals surface area contributed by atoms with Gasteiger partial charge in [-0.25, -0.2) is 18.7 Å². The number of rotatable bonds is 4. The number of halogens is 3. The SMILES string of the molecule is Cc1cc(-c2nnc(-c3ccc(Br)cc3N3CCC4(CC3)CC4)s2)nc(N2CCC(F)(F)CC2)n1. The maximum atomic E-state index is 13.6. The third-order valence-electron chi connectivity index (χ3n) is 7.58. The highest BCUT2D eigenvalue weighted by molar-refractivity contribution is 9.10. The first-order chi connectivity index (χ1) is 16.8. The first-order valence-corrected chi connectivity index (χ1v) is 13.8. The van der Waals surface area contributed by atoms with Gasteiger partial charge in [0.05, 0.1) is 0 Å². The number of hydrogen-bond donors (Lipinski definition) is 0. The molecule has 1 aromatic carbocycles. The average molecular weight is 562 g/mol. The van der Waals surface area contributed by atoms with Crippen LogP contribution in [0.1, 0.15) is 44.2 Å². The molecule has 1 saturated carbocycles. The number of aromatic nitrogens is 4. The molecule has 3 aliphatic rings. The second-order valence-electron chi connectivity index (χ2n) is 10.1. The van der Waals surface area contributed by atoms with Crippen molar-refractivity contribution in [2.75, 3.05) is 36.0 Å². The highest BCUT2D eigenvalue weighted by Gasteiger charge is 2.44. The smallest absolute Gasteiger partial charge is 0.251 e. The molecule has 1 spiro atoms. The van der Waals surface area contributed by atoms with E-state index >= 15 is 0 Å². The van der Waals surface area contributed by atoms with Crippen molar-refractivity contribution in [1.82, 2.24) is 20.2 Å². The molecule has 0 N–H and O–H groups in total. The van der Waals surface area contributed by atoms with E-state index < -0.39 is 5.92 Å². The molecule has 2 aromatic heterocycles. The average Bonchev–Trinajstić information content (AvgIpc) is 3.39. The van der Waals surface area contributed by atoms with E-state index in [4.69, 9.17) is 4.98 Å². The van der Waals surface area contributed by atoms with Crippen LogP contribution in [0.2, 0.25) is 0 Å². The van der Waals surface area contributed by atoms with Crippen LogP contribution >= 0.6 is 27.3 Å². The van der Waals surface area contributed by atoms with E-state index in [2.05, 4.69) is 48.1 Å². The molecule has 0 radical (unpaired) electrons. The fraction of sp³-hybridized carbons (Fsp3) is 0.520. The first kappa shape index (κ1) is 23.2. The highest BCUT2D eigenvalue weighted by atomic mass is 79.9. The molecule has 0 atom stereocenters. The van der Waals surface area contributed by atoms with Crippen molar-refractivity contribution in [3.63, 3.8) is 0 Å². The van der Waals surface area contributed by atoms with Crippen LogP contribution in [0, 0.1) is 12.3 Å². The van der Waals surface area contributed by atoms with Gasteiger partial charge in [-0.1, -0.05) is 27.3 Å². The lowest BCUT2D eigenvalue weighted by atomic mass is 9.93. The summed E-state index contributed by atoms with van der Waals surface area (Å²) < 4.78 is 28.3. The Labute approximate surface area is 215 Å². The van der Waals surface area contributed by atoms with Gasteiger partial charge >= 0.3 is 0 Å². The van der Waals surface area contributed by atoms with Gasteiger partial charge in [-0.15, -0.1) is 10.2 Å². The maximum Gasteiger partial charge on any atom is 0.251 e. The number of nitrogens with zero attached hydrogens (tertiary/aromatic N) is 6. The summed E-state index contributed by atoms with van der Waals surface area (Å²) in [5.74, 6) is -2.12. The first-order valence-electron chi connectivity index (χ1n) is 12.2. The largest absolute Gasteiger partial charge is 0.371 e. The summed E-state index contributed by atoms with van der Waals surface area (Å²) in [5, 5.41) is 10.6. The fourth-order valence-electron chi connectivity index (χ4n) is 5.12. The molecule has 0 bridgehead atoms. The van der Waals surface area contributed by atoms with E-state index in [1.54, 1.807) is 0 Å². The Balaban J connectivity index is 1.28. The van der Waals surface area contributed by atoms with Crippen molar-refractivity contribution in [3.8, 4) is 21.3 Å². The second kappa shape index (κ2) is 8.73. The highest BCUT2D eigenvalue weighted by Crippen LogP contribution is 2.54. The lowest BCUT2D eigenvalue weighted by Gasteiger charge is -2.34. The molecule has 10 heteroatoms. The van der Waals surface area contributed by atoms with Crippen LogP contribution < -0.4 is 9.80 Å². The van der Waals surface area contributed by atoms with Gasteiger partial charge in [0, 0.05) is 60.4 Å². The van der Waals surface area contributed by atoms with Crippen LogP contribution in [0.5, 0.6) is 0 Å². The van der Waals surface area contributed by atoms with Crippen molar-refractivity contribution >= 4 is 38.9 Å². The van der Waals surface area contributed by atoms with Crippen LogP contribution in [-0.4, -0.2) is 52.3 Å². The number of piperidine rings is 2. The lowest BCUT2D eigenvalue weighted by molar-refractivity contribution is -0.0222. The summed E-state index contributed by atoms with van der Waals surface area (Å²) in [5.41, 5.74) is 4.34. The summed E-state index contributed by atoms with van der Waals surface area (Å²) in [6.07, 6.45) is 4.93. The molecule has 4 heterocycles. The number of hydrogen-bond acceptors (Lipinski definition) is 7. The zero-order valence-electron chi connectivity index (χ0n) is 19.6. The Kier molecular flexibility index (Phi) is 5.79. The van der Waals surface area contributed by atoms with E-state index in [1.165, 1.54) is 42.7 Å². The van der Waals surface area contributed by atoms with Gasteiger partial charge in [0.1, 0.15) is 10.7 Å². The molecular formula is C25H27BrF2N6S. The summed E-state index contributed by atoms with van der Waals surface area (Å²) in [4.78, 5) is 13.5. The minimum Gasteiger partial charge on any atom is -0.371 e. The zero-order valence-corrected chi connectivity index (χ0v) is 22.0. The van der Waals surface area contributed by atoms with E-state index in [0.717, 1.165) is 33.8 Å². The monoisotopic (exact) mass is 560 g/mol. The Morgan fingerprint density at radius 3 is 2.26 bits per heavy atom. The number of anilines is 2. The minimum atomic E-state index is -2.60. The van der Waals surface area contributed by atoms with E-state index in [9.17, 15) is 8.78 Å². The number of benzene rings is 1. The van der Waals surface area contributed by atoms with E-state index in [1.807, 2.05) is 24.0 Å². The second-order valence-corrected chi connectivity index (χ2v) is 12.0. The maximum absolute atomic E-state index is 13.6. The molecule has 0 amide bonds. The molecule has 0 unspecified atom stereocenters. The Hall–Kier alpha value is -2.20. The van der Waals surface area contributed by atoms with Gasteiger partial charge < -0.3 is 9.80 Å². The number of alkyl halides is 2. The van der Waals surface area contributed by atoms with Crippen LogP contribution in [0.15, 0.2) is 28.7 Å². The van der Waals surface area contributed by atoms with Gasteiger partial charge in [0.15, 0.2) is 5.01 Å². The van der Waals surface area contributed by atoms with Crippen LogP contribution in [0.3, 0.4) is 0 Å². The standard InChI is InChI=1S/C25H27BrF2N6S/c1-16-14-19(30-23(29-16)34-12-8-25(27,28)9-13-34)22-32-31-21(35-22)18-3-2-17(26)15-20(18)33-10-6-24(4-5-24)7-11-33/h2-3,14-15H,4-13H2,1H3. The van der Waals surface area contributed by atoms with Gasteiger partial charge in [-0.3, -0.25) is 0 Å². The Bertz CT molecular complexity index is 1240. The predicted octanol–water partition coefficient (Wildman–Crippen LogP) is 6.35. The summed E-state index contributed by atoms with van der Waals surface area (Å²) >= 11 is 5.15. The molecule has 6 rings (SSSR count). The van der Waals surface area contributed by atoms with Crippen molar-refractivity contribution in [3.05, 3.63) is 34.4 Å². The van der Waals surface area contributed by atoms with Crippen LogP contribution in [-0.2, 0) is 0 Å². The molecule has 3 fully saturated rings. The summed E-state index contributed by atoms with van der Waals surface area (Å²) in [7, 11) is 0. The van der Waals surface area contributed by atoms with E-state index in [0.29, 0.717) is 22.1 Å². The van der Waals surface area contributed by atoms with Crippen molar-refractivity contribution in [1.29, 1.82) is 0 Å². The molecule has 1 aliphatic carbocycles. The lowest BCUT2D eigenvalue weighted by Crippen LogP contribution is -2.40. The Morgan fingerprint density at radius 1 is 0.857 bits per heavy atom. The topological polar surface area (TPSA) is 58.0 Å². The molecule has 2 aliphatic heterocycles. The summed E-state index contributed by atoms with van der Waals surface area (Å²) in [6, 6.07) is 8.22. The molecule has 184 valence electrons. The third kappa shape index (κ3) is 4.79. The fourth-order valence-corrected chi connectivity index (χ4v) is 6.31. The Morgan fingerprint density at radius 2 is 1.54 bits per heavy atom. The predicted molar refractivity (Wildman–Crippen MR) is 138 cm³/mol. The third-order valence-corrected chi connectivity index (χ3v) is 9.05. The normalized spacial score (nSPS) is 20.9. The molecular weight excluding hydrogens is 534 g/mol. The molecule has 35 heavy (non-hydrogen) atoms. The van der Waals surface area contributed by atoms with Crippen molar-refractivity contribution < 1.29 is 8.78 Å². The van der Waals surface area contributed by atoms with Crippen LogP contribution in [0.4, 0.5) is 20.4 Å². The van der Waals surface area contributed by atoms with Gasteiger partial charge in [0.2, 0.25) is 5.95 Å². The zero-order chi connectivity index (χ0) is 24.2. The minimum absolute atomic E-state index is 0.174. The van der Waals surface area contributed by atoms with Crippen LogP contribution in [0.25, 0.3) is 21.3 Å².